The van der Waals surface area contributed by atoms with Gasteiger partial charge in [-0.2, -0.15) is 0 Å². The standard InChI is InChI=1S/C24H24F3N7O2/c1-33-6-8-34(9-7-33)24(36)14-2-5-20(30-11-14)32-21-10-19(16(13-31-21)23(28)35)29-12-15-17(25)3-4-18(26)22(15)27/h2-5,10-11,13H,6-9,12H2,1H3,(H2,28,35)(H2,29,30,31,32). The van der Waals surface area contributed by atoms with Crippen LogP contribution in [0.2, 0.25) is 0 Å². The first kappa shape index (κ1) is 24.9. The van der Waals surface area contributed by atoms with Crippen LogP contribution in [0, 0.1) is 17.5 Å². The van der Waals surface area contributed by atoms with E-state index >= 15 is 0 Å². The average molecular weight is 499 g/mol. The second-order valence-electron chi connectivity index (χ2n) is 8.31. The Morgan fingerprint density at radius 3 is 2.33 bits per heavy atom. The molecule has 4 N–H and O–H groups in total. The summed E-state index contributed by atoms with van der Waals surface area (Å²) in [5.41, 5.74) is 5.41. The molecular formula is C24H24F3N7O2. The van der Waals surface area contributed by atoms with Gasteiger partial charge < -0.3 is 26.2 Å². The summed E-state index contributed by atoms with van der Waals surface area (Å²) in [5.74, 6) is -3.77. The van der Waals surface area contributed by atoms with Gasteiger partial charge in [-0.05, 0) is 31.3 Å². The first-order chi connectivity index (χ1) is 17.2. The molecule has 0 aliphatic carbocycles. The number of rotatable bonds is 7. The monoisotopic (exact) mass is 499 g/mol. The molecule has 1 saturated heterocycles. The first-order valence-electron chi connectivity index (χ1n) is 11.1. The zero-order valence-corrected chi connectivity index (χ0v) is 19.4. The molecule has 4 rings (SSSR count). The van der Waals surface area contributed by atoms with Gasteiger partial charge in [-0.25, -0.2) is 23.1 Å². The Kier molecular flexibility index (Phi) is 7.34. The molecule has 9 nitrogen and oxygen atoms in total. The lowest BCUT2D eigenvalue weighted by Crippen LogP contribution is -2.47. The fraction of sp³-hybridized carbons (Fsp3) is 0.250. The van der Waals surface area contributed by atoms with Crippen molar-refractivity contribution in [2.24, 2.45) is 5.73 Å². The maximum atomic E-state index is 14.0. The molecule has 2 amide bonds. The molecule has 0 radical (unpaired) electrons. The number of amides is 2. The van der Waals surface area contributed by atoms with Crippen LogP contribution in [0.3, 0.4) is 0 Å². The first-order valence-corrected chi connectivity index (χ1v) is 11.1. The van der Waals surface area contributed by atoms with E-state index in [1.54, 1.807) is 17.0 Å². The van der Waals surface area contributed by atoms with Gasteiger partial charge >= 0.3 is 0 Å². The number of hydrogen-bond donors (Lipinski definition) is 3. The maximum absolute atomic E-state index is 14.0. The summed E-state index contributed by atoms with van der Waals surface area (Å²) in [4.78, 5) is 36.8. The number of carbonyl (C=O) groups is 2. The van der Waals surface area contributed by atoms with Gasteiger partial charge in [-0.3, -0.25) is 9.59 Å². The van der Waals surface area contributed by atoms with E-state index in [2.05, 4.69) is 25.5 Å². The van der Waals surface area contributed by atoms with E-state index in [9.17, 15) is 22.8 Å². The molecular weight excluding hydrogens is 475 g/mol. The molecule has 1 aliphatic rings. The van der Waals surface area contributed by atoms with Crippen LogP contribution in [0.25, 0.3) is 0 Å². The van der Waals surface area contributed by atoms with Crippen molar-refractivity contribution < 1.29 is 22.8 Å². The number of nitrogens with two attached hydrogens (primary N) is 1. The molecule has 36 heavy (non-hydrogen) atoms. The van der Waals surface area contributed by atoms with Gasteiger partial charge in [-0.1, -0.05) is 0 Å². The molecule has 2 aromatic heterocycles. The normalized spacial score (nSPS) is 13.9. The van der Waals surface area contributed by atoms with Crippen LogP contribution in [0.5, 0.6) is 0 Å². The van der Waals surface area contributed by atoms with E-state index in [1.165, 1.54) is 18.5 Å². The highest BCUT2D eigenvalue weighted by Gasteiger charge is 2.21. The van der Waals surface area contributed by atoms with Gasteiger partial charge in [0.25, 0.3) is 11.8 Å². The number of nitrogens with one attached hydrogen (secondary N) is 2. The Morgan fingerprint density at radius 2 is 1.67 bits per heavy atom. The van der Waals surface area contributed by atoms with Gasteiger partial charge in [0.1, 0.15) is 17.5 Å². The molecule has 0 atom stereocenters. The third-order valence-corrected chi connectivity index (χ3v) is 5.82. The van der Waals surface area contributed by atoms with Gasteiger partial charge in [0, 0.05) is 56.7 Å². The quantitative estimate of drug-likeness (QED) is 0.428. The zero-order valence-electron chi connectivity index (χ0n) is 19.4. The fourth-order valence-corrected chi connectivity index (χ4v) is 3.70. The molecule has 0 saturated carbocycles. The largest absolute Gasteiger partial charge is 0.380 e. The number of halogens is 3. The predicted octanol–water partition coefficient (Wildman–Crippen LogP) is 2.74. The number of likely N-dealkylation sites (N-methyl/N-ethyl adjacent to an activating group) is 1. The highest BCUT2D eigenvalue weighted by atomic mass is 19.2. The predicted molar refractivity (Wildman–Crippen MR) is 127 cm³/mol. The topological polar surface area (TPSA) is 116 Å². The molecule has 3 aromatic rings. The number of hydrogen-bond acceptors (Lipinski definition) is 7. The maximum Gasteiger partial charge on any atom is 0.255 e. The molecule has 1 fully saturated rings. The fourth-order valence-electron chi connectivity index (χ4n) is 3.70. The van der Waals surface area contributed by atoms with Crippen LogP contribution in [0.4, 0.5) is 30.5 Å². The second-order valence-corrected chi connectivity index (χ2v) is 8.31. The van der Waals surface area contributed by atoms with Crippen molar-refractivity contribution >= 4 is 29.1 Å². The Hall–Kier alpha value is -4.19. The SMILES string of the molecule is CN1CCN(C(=O)c2ccc(Nc3cc(NCc4c(F)ccc(F)c4F)c(C(N)=O)cn3)nc2)CC1. The van der Waals surface area contributed by atoms with Gasteiger partial charge in [0.15, 0.2) is 11.6 Å². The van der Waals surface area contributed by atoms with Crippen LogP contribution in [-0.2, 0) is 6.54 Å². The van der Waals surface area contributed by atoms with Crippen LogP contribution < -0.4 is 16.4 Å². The number of aromatic nitrogens is 2. The van der Waals surface area contributed by atoms with Crippen LogP contribution in [0.15, 0.2) is 42.7 Å². The number of anilines is 3. The van der Waals surface area contributed by atoms with Crippen molar-refractivity contribution in [3.05, 3.63) is 76.9 Å². The van der Waals surface area contributed by atoms with Crippen molar-refractivity contribution in [1.29, 1.82) is 0 Å². The number of primary amides is 1. The Labute approximate surface area is 205 Å². The molecule has 0 bridgehead atoms. The number of pyridine rings is 2. The van der Waals surface area contributed by atoms with E-state index in [-0.39, 0.29) is 23.0 Å². The van der Waals surface area contributed by atoms with E-state index in [1.807, 2.05) is 7.05 Å². The van der Waals surface area contributed by atoms with Crippen molar-refractivity contribution in [3.63, 3.8) is 0 Å². The van der Waals surface area contributed by atoms with Gasteiger partial charge in [0.05, 0.1) is 16.8 Å². The van der Waals surface area contributed by atoms with Gasteiger partial charge in [-0.15, -0.1) is 0 Å². The lowest BCUT2D eigenvalue weighted by atomic mass is 10.1. The molecule has 12 heteroatoms. The summed E-state index contributed by atoms with van der Waals surface area (Å²) in [6, 6.07) is 6.16. The lowest BCUT2D eigenvalue weighted by molar-refractivity contribution is 0.0663. The summed E-state index contributed by atoms with van der Waals surface area (Å²) >= 11 is 0. The summed E-state index contributed by atoms with van der Waals surface area (Å²) in [5, 5.41) is 5.65. The molecule has 1 aromatic carbocycles. The summed E-state index contributed by atoms with van der Waals surface area (Å²) < 4.78 is 41.5. The number of carbonyl (C=O) groups excluding carboxylic acids is 2. The smallest absolute Gasteiger partial charge is 0.255 e. The molecule has 0 unspecified atom stereocenters. The Balaban J connectivity index is 1.48. The van der Waals surface area contributed by atoms with Crippen molar-refractivity contribution in [1.82, 2.24) is 19.8 Å². The summed E-state index contributed by atoms with van der Waals surface area (Å²) in [7, 11) is 2.01. The van der Waals surface area contributed by atoms with Crippen molar-refractivity contribution in [3.8, 4) is 0 Å². The van der Waals surface area contributed by atoms with Crippen LogP contribution >= 0.6 is 0 Å². The minimum Gasteiger partial charge on any atom is -0.380 e. The van der Waals surface area contributed by atoms with E-state index in [0.717, 1.165) is 19.2 Å². The van der Waals surface area contributed by atoms with Crippen LogP contribution in [-0.4, -0.2) is 64.8 Å². The molecule has 0 spiro atoms. The minimum absolute atomic E-state index is 0.0288. The van der Waals surface area contributed by atoms with Crippen molar-refractivity contribution in [2.45, 2.75) is 6.54 Å². The highest BCUT2D eigenvalue weighted by molar-refractivity contribution is 5.98. The highest BCUT2D eigenvalue weighted by Crippen LogP contribution is 2.23. The lowest BCUT2D eigenvalue weighted by Gasteiger charge is -2.32. The molecule has 188 valence electrons. The van der Waals surface area contributed by atoms with Crippen LogP contribution in [0.1, 0.15) is 26.3 Å². The number of nitrogens with zero attached hydrogens (tertiary/aromatic N) is 4. The third-order valence-electron chi connectivity index (χ3n) is 5.82. The molecule has 3 heterocycles. The second kappa shape index (κ2) is 10.6. The Bertz CT molecular complexity index is 1280. The zero-order chi connectivity index (χ0) is 25.8. The minimum atomic E-state index is -1.33. The summed E-state index contributed by atoms with van der Waals surface area (Å²) in [6.07, 6.45) is 2.64. The third kappa shape index (κ3) is 5.54. The average Bonchev–Trinajstić information content (AvgIpc) is 2.87. The van der Waals surface area contributed by atoms with Gasteiger partial charge in [0.2, 0.25) is 0 Å². The van der Waals surface area contributed by atoms with E-state index in [4.69, 9.17) is 5.73 Å². The molecule has 1 aliphatic heterocycles. The summed E-state index contributed by atoms with van der Waals surface area (Å²) in [6.45, 7) is 2.46. The Morgan fingerprint density at radius 1 is 0.972 bits per heavy atom. The van der Waals surface area contributed by atoms with E-state index in [0.29, 0.717) is 30.5 Å². The number of benzene rings is 1. The van der Waals surface area contributed by atoms with E-state index < -0.39 is 35.5 Å². The van der Waals surface area contributed by atoms with Crippen molar-refractivity contribution in [2.75, 3.05) is 43.9 Å². The number of piperazine rings is 1.